The van der Waals surface area contributed by atoms with Gasteiger partial charge in [-0.2, -0.15) is 0 Å². The fraction of sp³-hybridized carbons (Fsp3) is 0.389. The van der Waals surface area contributed by atoms with Crippen LogP contribution >= 0.6 is 0 Å². The van der Waals surface area contributed by atoms with Crippen LogP contribution in [-0.4, -0.2) is 47.2 Å². The molecule has 132 valence electrons. The highest BCUT2D eigenvalue weighted by molar-refractivity contribution is 6.40. The Morgan fingerprint density at radius 1 is 1.20 bits per heavy atom. The van der Waals surface area contributed by atoms with Crippen LogP contribution in [0.3, 0.4) is 0 Å². The van der Waals surface area contributed by atoms with E-state index in [0.29, 0.717) is 5.56 Å². The molecule has 1 aliphatic rings. The van der Waals surface area contributed by atoms with E-state index in [2.05, 4.69) is 9.98 Å². The van der Waals surface area contributed by atoms with Gasteiger partial charge in [0.2, 0.25) is 0 Å². The van der Waals surface area contributed by atoms with Crippen LogP contribution < -0.4 is 0 Å². The van der Waals surface area contributed by atoms with Crippen molar-refractivity contribution in [1.29, 1.82) is 0 Å². The monoisotopic (exact) mass is 344 g/mol. The van der Waals surface area contributed by atoms with Gasteiger partial charge in [-0.3, -0.25) is 4.79 Å². The Morgan fingerprint density at radius 2 is 1.92 bits per heavy atom. The Morgan fingerprint density at radius 3 is 2.64 bits per heavy atom. The average molecular weight is 344 g/mol. The number of fused-ring (bicyclic) bond motifs is 1. The molecule has 0 aliphatic carbocycles. The maximum absolute atomic E-state index is 12.4. The molecule has 0 bridgehead atoms. The van der Waals surface area contributed by atoms with Gasteiger partial charge < -0.3 is 19.6 Å². The van der Waals surface area contributed by atoms with Crippen molar-refractivity contribution in [2.24, 2.45) is 10.9 Å². The number of aliphatic hydroxyl groups excluding tert-OH is 1. The number of esters is 2. The molecule has 0 amide bonds. The van der Waals surface area contributed by atoms with Gasteiger partial charge >= 0.3 is 11.9 Å². The first-order valence-electron chi connectivity index (χ1n) is 8.24. The van der Waals surface area contributed by atoms with Crippen molar-refractivity contribution in [3.63, 3.8) is 0 Å². The first-order valence-corrected chi connectivity index (χ1v) is 8.24. The molecular weight excluding hydrogens is 324 g/mol. The molecule has 25 heavy (non-hydrogen) atoms. The number of aliphatic imine (C=N–C) groups is 1. The number of aromatic nitrogens is 1. The van der Waals surface area contributed by atoms with Crippen LogP contribution in [0.5, 0.6) is 0 Å². The van der Waals surface area contributed by atoms with Crippen molar-refractivity contribution in [3.8, 4) is 0 Å². The van der Waals surface area contributed by atoms with E-state index in [9.17, 15) is 14.7 Å². The van der Waals surface area contributed by atoms with E-state index < -0.39 is 30.0 Å². The van der Waals surface area contributed by atoms with E-state index in [-0.39, 0.29) is 18.9 Å². The summed E-state index contributed by atoms with van der Waals surface area (Å²) in [6.45, 7) is 3.73. The second kappa shape index (κ2) is 7.06. The molecule has 2 N–H and O–H groups in total. The summed E-state index contributed by atoms with van der Waals surface area (Å²) in [7, 11) is 0. The molecule has 0 radical (unpaired) electrons. The number of ether oxygens (including phenoxy) is 2. The van der Waals surface area contributed by atoms with Crippen molar-refractivity contribution in [1.82, 2.24) is 4.98 Å². The van der Waals surface area contributed by atoms with Crippen molar-refractivity contribution in [2.75, 3.05) is 13.2 Å². The maximum atomic E-state index is 12.4. The fourth-order valence-electron chi connectivity index (χ4n) is 3.22. The van der Waals surface area contributed by atoms with Crippen LogP contribution in [0.4, 0.5) is 0 Å². The number of aromatic amines is 1. The third-order valence-corrected chi connectivity index (χ3v) is 4.25. The highest BCUT2D eigenvalue weighted by Gasteiger charge is 2.48. The van der Waals surface area contributed by atoms with Crippen LogP contribution in [0.1, 0.15) is 25.3 Å². The molecule has 7 nitrogen and oxygen atoms in total. The molecule has 0 fully saturated rings. The second-order valence-electron chi connectivity index (χ2n) is 5.69. The lowest BCUT2D eigenvalue weighted by Crippen LogP contribution is -2.33. The molecular formula is C18H20N2O5. The third-order valence-electron chi connectivity index (χ3n) is 4.25. The number of carbonyl (C=O) groups is 2. The molecule has 2 aromatic rings. The Hall–Kier alpha value is -2.67. The van der Waals surface area contributed by atoms with Gasteiger partial charge in [-0.25, -0.2) is 9.79 Å². The normalized spacial score (nSPS) is 22.7. The third kappa shape index (κ3) is 3.02. The van der Waals surface area contributed by atoms with Crippen LogP contribution in [0.25, 0.3) is 10.9 Å². The van der Waals surface area contributed by atoms with E-state index in [1.54, 1.807) is 20.0 Å². The van der Waals surface area contributed by atoms with Gasteiger partial charge in [0.05, 0.1) is 19.1 Å². The van der Waals surface area contributed by atoms with E-state index in [1.807, 2.05) is 24.3 Å². The van der Waals surface area contributed by atoms with Crippen LogP contribution in [0, 0.1) is 5.92 Å². The summed E-state index contributed by atoms with van der Waals surface area (Å²) < 4.78 is 10.1. The van der Waals surface area contributed by atoms with Gasteiger partial charge in [-0.15, -0.1) is 0 Å². The highest BCUT2D eigenvalue weighted by Crippen LogP contribution is 2.39. The number of aliphatic hydroxyl groups is 1. The number of para-hydroxylation sites is 1. The fourth-order valence-corrected chi connectivity index (χ4v) is 3.22. The number of carbonyl (C=O) groups excluding carboxylic acids is 2. The average Bonchev–Trinajstić information content (AvgIpc) is 3.16. The summed E-state index contributed by atoms with van der Waals surface area (Å²) in [5.41, 5.74) is 1.61. The van der Waals surface area contributed by atoms with Crippen molar-refractivity contribution in [2.45, 2.75) is 26.0 Å². The summed E-state index contributed by atoms with van der Waals surface area (Å²) in [4.78, 5) is 31.9. The number of H-pyrrole nitrogens is 1. The Bertz CT molecular complexity index is 826. The topological polar surface area (TPSA) is 101 Å². The molecule has 0 saturated carbocycles. The van der Waals surface area contributed by atoms with Crippen LogP contribution in [0.15, 0.2) is 35.5 Å². The summed E-state index contributed by atoms with van der Waals surface area (Å²) in [5, 5.41) is 11.2. The summed E-state index contributed by atoms with van der Waals surface area (Å²) in [6, 6.07) is 7.53. The largest absolute Gasteiger partial charge is 0.466 e. The van der Waals surface area contributed by atoms with Crippen molar-refractivity contribution >= 4 is 28.6 Å². The van der Waals surface area contributed by atoms with Crippen LogP contribution in [-0.2, 0) is 19.1 Å². The number of hydrogen-bond donors (Lipinski definition) is 2. The predicted molar refractivity (Wildman–Crippen MR) is 91.2 cm³/mol. The second-order valence-corrected chi connectivity index (χ2v) is 5.69. The summed E-state index contributed by atoms with van der Waals surface area (Å²) >= 11 is 0. The Labute approximate surface area is 144 Å². The van der Waals surface area contributed by atoms with E-state index >= 15 is 0 Å². The minimum atomic E-state index is -1.35. The first kappa shape index (κ1) is 17.2. The van der Waals surface area contributed by atoms with Crippen molar-refractivity contribution in [3.05, 3.63) is 36.0 Å². The molecule has 2 heterocycles. The molecule has 1 aromatic carbocycles. The zero-order chi connectivity index (χ0) is 18.0. The summed E-state index contributed by atoms with van der Waals surface area (Å²) in [5.74, 6) is -2.94. The molecule has 1 aliphatic heterocycles. The molecule has 0 saturated heterocycles. The molecule has 3 rings (SSSR count). The lowest BCUT2D eigenvalue weighted by atomic mass is 9.83. The quantitative estimate of drug-likeness (QED) is 0.805. The smallest absolute Gasteiger partial charge is 0.352 e. The Balaban J connectivity index is 2.09. The maximum Gasteiger partial charge on any atom is 0.352 e. The number of hydrogen-bond acceptors (Lipinski definition) is 6. The predicted octanol–water partition coefficient (Wildman–Crippen LogP) is 1.77. The number of nitrogens with zero attached hydrogens (tertiary/aromatic N) is 1. The van der Waals surface area contributed by atoms with E-state index in [4.69, 9.17) is 9.47 Å². The van der Waals surface area contributed by atoms with E-state index in [1.165, 1.54) is 0 Å². The zero-order valence-electron chi connectivity index (χ0n) is 14.1. The van der Waals surface area contributed by atoms with Crippen molar-refractivity contribution < 1.29 is 24.2 Å². The number of rotatable bonds is 5. The van der Waals surface area contributed by atoms with Gasteiger partial charge in [-0.1, -0.05) is 18.2 Å². The standard InChI is InChI=1S/C18H20N2O5/c1-3-24-17(22)14-13(15(20-16(14)21)18(23)25-4-2)11-9-19-12-8-6-5-7-10(11)12/h5-9,13-14,16,19,21H,3-4H2,1-2H3. The zero-order valence-corrected chi connectivity index (χ0v) is 14.1. The highest BCUT2D eigenvalue weighted by atomic mass is 16.5. The summed E-state index contributed by atoms with van der Waals surface area (Å²) in [6.07, 6.45) is 0.381. The SMILES string of the molecule is CCOC(=O)C1=NC(O)C(C(=O)OCC)C1c1c[nH]c2ccccc12. The van der Waals surface area contributed by atoms with Gasteiger partial charge in [-0.05, 0) is 25.5 Å². The van der Waals surface area contributed by atoms with Crippen LogP contribution in [0.2, 0.25) is 0 Å². The van der Waals surface area contributed by atoms with Gasteiger partial charge in [0.15, 0.2) is 6.23 Å². The van der Waals surface area contributed by atoms with E-state index in [0.717, 1.165) is 10.9 Å². The molecule has 0 spiro atoms. The molecule has 7 heteroatoms. The molecule has 3 atom stereocenters. The molecule has 1 aromatic heterocycles. The number of benzene rings is 1. The first-order chi connectivity index (χ1) is 12.1. The van der Waals surface area contributed by atoms with Gasteiger partial charge in [0.25, 0.3) is 0 Å². The minimum Gasteiger partial charge on any atom is -0.466 e. The number of nitrogens with one attached hydrogen (secondary N) is 1. The molecule has 3 unspecified atom stereocenters. The lowest BCUT2D eigenvalue weighted by Gasteiger charge is -2.20. The Kier molecular flexibility index (Phi) is 4.85. The minimum absolute atomic E-state index is 0.0390. The lowest BCUT2D eigenvalue weighted by molar-refractivity contribution is -0.151. The van der Waals surface area contributed by atoms with Gasteiger partial charge in [0.1, 0.15) is 11.6 Å². The van der Waals surface area contributed by atoms with Gasteiger partial charge in [0, 0.05) is 17.1 Å².